The quantitative estimate of drug-likeness (QED) is 0.504. The lowest BCUT2D eigenvalue weighted by Gasteiger charge is -2.23. The van der Waals surface area contributed by atoms with E-state index < -0.39 is 5.92 Å². The predicted octanol–water partition coefficient (Wildman–Crippen LogP) is 5.50. The van der Waals surface area contributed by atoms with Crippen molar-refractivity contribution in [3.63, 3.8) is 0 Å². The second-order valence-corrected chi connectivity index (χ2v) is 6.29. The zero-order chi connectivity index (χ0) is 17.5. The van der Waals surface area contributed by atoms with Crippen LogP contribution in [0.5, 0.6) is 0 Å². The van der Waals surface area contributed by atoms with Gasteiger partial charge in [-0.15, -0.1) is 0 Å². The van der Waals surface area contributed by atoms with Crippen molar-refractivity contribution >= 4 is 22.7 Å². The van der Waals surface area contributed by atoms with E-state index in [0.717, 1.165) is 16.7 Å². The van der Waals surface area contributed by atoms with Gasteiger partial charge in [-0.25, -0.2) is 0 Å². The van der Waals surface area contributed by atoms with Gasteiger partial charge in [0.15, 0.2) is 0 Å². The van der Waals surface area contributed by atoms with Gasteiger partial charge in [0.1, 0.15) is 5.78 Å². The maximum absolute atomic E-state index is 12.4. The third-order valence-electron chi connectivity index (χ3n) is 3.83. The van der Waals surface area contributed by atoms with Crippen LogP contribution in [0.25, 0.3) is 5.57 Å². The summed E-state index contributed by atoms with van der Waals surface area (Å²) in [6.45, 7) is 13.3. The molecule has 0 saturated heterocycles. The van der Waals surface area contributed by atoms with Crippen molar-refractivity contribution in [1.82, 2.24) is 0 Å². The molecule has 0 N–H and O–H groups in total. The Morgan fingerprint density at radius 2 is 1.92 bits per heavy atom. The van der Waals surface area contributed by atoms with E-state index in [4.69, 9.17) is 0 Å². The van der Waals surface area contributed by atoms with E-state index in [1.807, 2.05) is 47.2 Å². The first-order chi connectivity index (χ1) is 11.5. The first-order valence-corrected chi connectivity index (χ1v) is 8.58. The van der Waals surface area contributed by atoms with Crippen LogP contribution in [-0.4, -0.2) is 5.78 Å². The molecule has 0 fully saturated rings. The molecule has 1 heterocycles. The highest BCUT2D eigenvalue weighted by atomic mass is 32.1. The summed E-state index contributed by atoms with van der Waals surface area (Å²) in [6.07, 6.45) is 1.62. The van der Waals surface area contributed by atoms with Gasteiger partial charge in [-0.1, -0.05) is 68.0 Å². The second-order valence-electron chi connectivity index (χ2n) is 5.51. The Labute approximate surface area is 148 Å². The van der Waals surface area contributed by atoms with E-state index >= 15 is 0 Å². The second kappa shape index (κ2) is 8.29. The number of hydrogen-bond donors (Lipinski definition) is 0. The van der Waals surface area contributed by atoms with Crippen LogP contribution in [0, 0.1) is 17.8 Å². The summed E-state index contributed by atoms with van der Waals surface area (Å²) in [5, 5.41) is 4.03. The van der Waals surface area contributed by atoms with Crippen molar-refractivity contribution < 1.29 is 4.79 Å². The lowest BCUT2D eigenvalue weighted by molar-refractivity contribution is -0.119. The van der Waals surface area contributed by atoms with Gasteiger partial charge < -0.3 is 0 Å². The number of hydrogen-bond acceptors (Lipinski definition) is 2. The molecule has 2 rings (SSSR count). The van der Waals surface area contributed by atoms with E-state index in [9.17, 15) is 4.79 Å². The van der Waals surface area contributed by atoms with E-state index in [0.29, 0.717) is 5.57 Å². The molecule has 1 aromatic heterocycles. The minimum Gasteiger partial charge on any atom is -0.299 e. The number of rotatable bonds is 6. The standard InChI is InChI=1S/C22H20OS/c1-5-16(2)11-12-21(20-13-14-24-15-20)22(18(4)23)17(3)19-9-7-6-8-10-19/h5-10,13-15,21-22H,1-3H2,4H3. The van der Waals surface area contributed by atoms with Crippen LogP contribution in [0.1, 0.15) is 24.0 Å². The van der Waals surface area contributed by atoms with Crippen molar-refractivity contribution in [2.75, 3.05) is 0 Å². The number of benzene rings is 1. The summed E-state index contributed by atoms with van der Waals surface area (Å²) in [4.78, 5) is 12.4. The number of allylic oxidation sites excluding steroid dienone is 3. The molecule has 0 amide bonds. The van der Waals surface area contributed by atoms with E-state index in [-0.39, 0.29) is 11.7 Å². The fourth-order valence-corrected chi connectivity index (χ4v) is 3.24. The molecule has 2 unspecified atom stereocenters. The van der Waals surface area contributed by atoms with Gasteiger partial charge in [0.05, 0.1) is 11.8 Å². The van der Waals surface area contributed by atoms with Crippen LogP contribution in [-0.2, 0) is 4.79 Å². The van der Waals surface area contributed by atoms with Crippen molar-refractivity contribution in [2.24, 2.45) is 5.92 Å². The molecule has 0 bridgehead atoms. The van der Waals surface area contributed by atoms with Crippen LogP contribution >= 0.6 is 11.3 Å². The number of Topliss-reactive ketones (excluding diaryl/α,β-unsaturated/α-hetero) is 1. The van der Waals surface area contributed by atoms with Gasteiger partial charge in [-0.2, -0.15) is 11.3 Å². The fraction of sp³-hybridized carbons (Fsp3) is 0.136. The van der Waals surface area contributed by atoms with Gasteiger partial charge in [0, 0.05) is 5.57 Å². The third kappa shape index (κ3) is 4.22. The molecule has 0 aliphatic heterocycles. The van der Waals surface area contributed by atoms with Crippen molar-refractivity contribution in [3.05, 3.63) is 89.7 Å². The highest BCUT2D eigenvalue weighted by Gasteiger charge is 2.29. The Morgan fingerprint density at radius 3 is 2.46 bits per heavy atom. The molecule has 24 heavy (non-hydrogen) atoms. The summed E-state index contributed by atoms with van der Waals surface area (Å²) in [7, 11) is 0. The monoisotopic (exact) mass is 332 g/mol. The van der Waals surface area contributed by atoms with Crippen molar-refractivity contribution in [1.29, 1.82) is 0 Å². The predicted molar refractivity (Wildman–Crippen MR) is 104 cm³/mol. The molecular weight excluding hydrogens is 312 g/mol. The minimum absolute atomic E-state index is 0.0542. The Kier molecular flexibility index (Phi) is 6.12. The Bertz CT molecular complexity index is 801. The first-order valence-electron chi connectivity index (χ1n) is 7.64. The molecule has 0 radical (unpaired) electrons. The largest absolute Gasteiger partial charge is 0.299 e. The maximum Gasteiger partial charge on any atom is 0.138 e. The van der Waals surface area contributed by atoms with Crippen LogP contribution in [0.4, 0.5) is 0 Å². The summed E-state index contributed by atoms with van der Waals surface area (Å²) in [5.74, 6) is 5.63. The zero-order valence-electron chi connectivity index (χ0n) is 13.8. The molecule has 0 aliphatic rings. The highest BCUT2D eigenvalue weighted by Crippen LogP contribution is 2.35. The van der Waals surface area contributed by atoms with Crippen LogP contribution in [0.15, 0.2) is 78.5 Å². The van der Waals surface area contributed by atoms with Crippen LogP contribution in [0.3, 0.4) is 0 Å². The number of ketones is 1. The molecule has 2 heteroatoms. The molecule has 2 aromatic rings. The Balaban J connectivity index is 2.48. The molecular formula is C22H20OS. The molecule has 120 valence electrons. The van der Waals surface area contributed by atoms with Gasteiger partial charge in [-0.05, 0) is 40.5 Å². The summed E-state index contributed by atoms with van der Waals surface area (Å²) in [5.41, 5.74) is 3.42. The van der Waals surface area contributed by atoms with E-state index in [1.165, 1.54) is 0 Å². The molecule has 0 spiro atoms. The van der Waals surface area contributed by atoms with Crippen LogP contribution in [0.2, 0.25) is 0 Å². The van der Waals surface area contributed by atoms with Crippen LogP contribution < -0.4 is 0 Å². The lowest BCUT2D eigenvalue weighted by Crippen LogP contribution is -2.20. The van der Waals surface area contributed by atoms with E-state index in [2.05, 4.69) is 31.6 Å². The Morgan fingerprint density at radius 1 is 1.21 bits per heavy atom. The average molecular weight is 332 g/mol. The van der Waals surface area contributed by atoms with Crippen molar-refractivity contribution in [3.8, 4) is 11.8 Å². The molecule has 2 atom stereocenters. The van der Waals surface area contributed by atoms with Gasteiger partial charge in [0.25, 0.3) is 0 Å². The minimum atomic E-state index is -0.396. The average Bonchev–Trinajstić information content (AvgIpc) is 3.12. The van der Waals surface area contributed by atoms with Crippen molar-refractivity contribution in [2.45, 2.75) is 12.8 Å². The lowest BCUT2D eigenvalue weighted by atomic mass is 9.78. The zero-order valence-corrected chi connectivity index (χ0v) is 14.6. The number of thiophene rings is 1. The van der Waals surface area contributed by atoms with Gasteiger partial charge in [0.2, 0.25) is 0 Å². The molecule has 1 aromatic carbocycles. The number of carbonyl (C=O) groups excluding carboxylic acids is 1. The smallest absolute Gasteiger partial charge is 0.138 e. The summed E-state index contributed by atoms with van der Waals surface area (Å²) in [6, 6.07) is 11.8. The third-order valence-corrected chi connectivity index (χ3v) is 4.53. The van der Waals surface area contributed by atoms with Gasteiger partial charge >= 0.3 is 0 Å². The molecule has 0 aliphatic carbocycles. The first kappa shape index (κ1) is 17.7. The maximum atomic E-state index is 12.4. The fourth-order valence-electron chi connectivity index (χ4n) is 2.55. The Hall–Kier alpha value is -2.63. The van der Waals surface area contributed by atoms with Gasteiger partial charge in [-0.3, -0.25) is 4.79 Å². The molecule has 0 saturated carbocycles. The highest BCUT2D eigenvalue weighted by molar-refractivity contribution is 7.08. The summed E-state index contributed by atoms with van der Waals surface area (Å²) < 4.78 is 0. The SMILES string of the molecule is C=CC(=C)C#CC(c1ccsc1)C(C(=C)c1ccccc1)C(C)=O. The topological polar surface area (TPSA) is 17.1 Å². The normalized spacial score (nSPS) is 12.4. The molecule has 1 nitrogen and oxygen atoms in total. The summed E-state index contributed by atoms with van der Waals surface area (Å²) >= 11 is 1.59. The number of carbonyl (C=O) groups is 1. The van der Waals surface area contributed by atoms with E-state index in [1.54, 1.807) is 24.3 Å².